The average Bonchev–Trinajstić information content (AvgIpc) is 2.00. The second kappa shape index (κ2) is 9.11. The van der Waals surface area contributed by atoms with Crippen molar-refractivity contribution in [2.45, 2.75) is 33.2 Å². The molecule has 16 heavy (non-hydrogen) atoms. The van der Waals surface area contributed by atoms with Gasteiger partial charge in [0.25, 0.3) is 0 Å². The highest BCUT2D eigenvalue weighted by atomic mass is 16.4. The summed E-state index contributed by atoms with van der Waals surface area (Å²) in [5, 5.41) is 9.91. The highest BCUT2D eigenvalue weighted by molar-refractivity contribution is 5.73. The van der Waals surface area contributed by atoms with Crippen LogP contribution in [0, 0.1) is 5.92 Å². The summed E-state index contributed by atoms with van der Waals surface area (Å²) in [6, 6.07) is -0.690. The largest absolute Gasteiger partial charge is 0.480 e. The summed E-state index contributed by atoms with van der Waals surface area (Å²) in [6.07, 6.45) is 0.551. The number of nitrogens with one attached hydrogen (secondary N) is 1. The molecule has 4 N–H and O–H groups in total. The van der Waals surface area contributed by atoms with Crippen LogP contribution in [0.25, 0.3) is 0 Å². The number of amides is 1. The zero-order valence-electron chi connectivity index (χ0n) is 10.7. The number of hydrogen-bond donors (Lipinski definition) is 3. The zero-order chi connectivity index (χ0) is 13.3. The fraction of sp³-hybridized carbons (Fsp3) is 0.800. The van der Waals surface area contributed by atoms with Crippen molar-refractivity contribution in [2.24, 2.45) is 11.7 Å². The van der Waals surface area contributed by atoms with Crippen LogP contribution in [0.3, 0.4) is 0 Å². The summed E-state index contributed by atoms with van der Waals surface area (Å²) in [6.45, 7) is 5.37. The van der Waals surface area contributed by atoms with Crippen LogP contribution >= 0.6 is 0 Å². The molecule has 0 fully saturated rings. The second-order valence-electron chi connectivity index (χ2n) is 4.14. The lowest BCUT2D eigenvalue weighted by Crippen LogP contribution is -2.34. The third kappa shape index (κ3) is 15.3. The Labute approximate surface area is 96.8 Å². The van der Waals surface area contributed by atoms with E-state index in [0.717, 1.165) is 0 Å². The van der Waals surface area contributed by atoms with Crippen molar-refractivity contribution in [2.75, 3.05) is 14.1 Å². The van der Waals surface area contributed by atoms with Crippen molar-refractivity contribution in [3.05, 3.63) is 0 Å². The van der Waals surface area contributed by atoms with Crippen LogP contribution in [0.2, 0.25) is 0 Å². The van der Waals surface area contributed by atoms with Gasteiger partial charge in [0.05, 0.1) is 0 Å². The van der Waals surface area contributed by atoms with E-state index in [1.165, 1.54) is 6.92 Å². The van der Waals surface area contributed by atoms with E-state index in [4.69, 9.17) is 10.8 Å². The molecule has 0 aromatic rings. The first kappa shape index (κ1) is 17.3. The van der Waals surface area contributed by atoms with Crippen LogP contribution in [0.15, 0.2) is 0 Å². The number of carbonyl (C=O) groups is 2. The number of nitrogens with zero attached hydrogens (tertiary/aromatic N) is 1. The van der Waals surface area contributed by atoms with Crippen LogP contribution in [0.4, 0.5) is 0 Å². The molecule has 0 aromatic heterocycles. The maximum Gasteiger partial charge on any atom is 0.320 e. The first-order valence-electron chi connectivity index (χ1n) is 5.09. The van der Waals surface area contributed by atoms with Crippen LogP contribution < -0.4 is 11.2 Å². The number of carbonyl (C=O) groups excluding carboxylic acids is 1. The Balaban J connectivity index is 0. The minimum Gasteiger partial charge on any atom is -0.480 e. The van der Waals surface area contributed by atoms with E-state index in [9.17, 15) is 9.59 Å². The molecular weight excluding hydrogens is 210 g/mol. The molecule has 0 aliphatic rings. The Morgan fingerprint density at radius 3 is 1.88 bits per heavy atom. The summed E-state index contributed by atoms with van der Waals surface area (Å²) in [5.74, 6) is -0.593. The molecule has 0 heterocycles. The van der Waals surface area contributed by atoms with Crippen molar-refractivity contribution in [3.63, 3.8) is 0 Å². The van der Waals surface area contributed by atoms with Gasteiger partial charge in [0.1, 0.15) is 6.04 Å². The number of hydrazine groups is 1. The molecule has 6 heteroatoms. The summed E-state index contributed by atoms with van der Waals surface area (Å²) in [4.78, 5) is 20.2. The van der Waals surface area contributed by atoms with E-state index >= 15 is 0 Å². The van der Waals surface area contributed by atoms with Crippen molar-refractivity contribution in [1.82, 2.24) is 10.4 Å². The molecule has 1 atom stereocenters. The normalized spacial score (nSPS) is 11.8. The lowest BCUT2D eigenvalue weighted by atomic mass is 10.1. The van der Waals surface area contributed by atoms with Gasteiger partial charge < -0.3 is 10.8 Å². The van der Waals surface area contributed by atoms with Crippen molar-refractivity contribution in [1.29, 1.82) is 0 Å². The van der Waals surface area contributed by atoms with Gasteiger partial charge in [-0.1, -0.05) is 13.8 Å². The highest BCUT2D eigenvalue weighted by Gasteiger charge is 2.11. The van der Waals surface area contributed by atoms with Crippen molar-refractivity contribution < 1.29 is 14.7 Å². The first-order valence-corrected chi connectivity index (χ1v) is 5.09. The predicted molar refractivity (Wildman–Crippen MR) is 62.6 cm³/mol. The van der Waals surface area contributed by atoms with Gasteiger partial charge in [-0.15, -0.1) is 0 Å². The number of rotatable bonds is 4. The smallest absolute Gasteiger partial charge is 0.320 e. The van der Waals surface area contributed by atoms with Crippen LogP contribution in [-0.2, 0) is 9.59 Å². The SMILES string of the molecule is CC(=O)NN(C)C.CC(C)C[C@H](N)C(=O)O. The summed E-state index contributed by atoms with van der Waals surface area (Å²) >= 11 is 0. The quantitative estimate of drug-likeness (QED) is 0.596. The molecule has 6 nitrogen and oxygen atoms in total. The molecule has 0 saturated carbocycles. The Hall–Kier alpha value is -1.14. The summed E-state index contributed by atoms with van der Waals surface area (Å²) in [5.41, 5.74) is 7.72. The Bertz CT molecular complexity index is 217. The minimum absolute atomic E-state index is 0.0370. The van der Waals surface area contributed by atoms with Gasteiger partial charge in [-0.05, 0) is 12.3 Å². The molecule has 1 amide bonds. The van der Waals surface area contributed by atoms with Crippen LogP contribution in [0.1, 0.15) is 27.2 Å². The number of nitrogens with two attached hydrogens (primary N) is 1. The molecule has 0 spiro atoms. The van der Waals surface area contributed by atoms with Gasteiger partial charge in [-0.2, -0.15) is 0 Å². The van der Waals surface area contributed by atoms with Crippen molar-refractivity contribution >= 4 is 11.9 Å². The third-order valence-corrected chi connectivity index (χ3v) is 1.42. The lowest BCUT2D eigenvalue weighted by molar-refractivity contribution is -0.138. The average molecular weight is 233 g/mol. The highest BCUT2D eigenvalue weighted by Crippen LogP contribution is 2.01. The molecule has 96 valence electrons. The van der Waals surface area contributed by atoms with E-state index in [1.807, 2.05) is 13.8 Å². The topological polar surface area (TPSA) is 95.7 Å². The fourth-order valence-corrected chi connectivity index (χ4v) is 0.924. The van der Waals surface area contributed by atoms with Crippen molar-refractivity contribution in [3.8, 4) is 0 Å². The van der Waals surface area contributed by atoms with Gasteiger partial charge in [0.2, 0.25) is 5.91 Å². The van der Waals surface area contributed by atoms with Gasteiger partial charge in [-0.25, -0.2) is 5.01 Å². The molecular formula is C10H23N3O3. The minimum atomic E-state index is -0.913. The zero-order valence-corrected chi connectivity index (χ0v) is 10.7. The van der Waals surface area contributed by atoms with E-state index in [1.54, 1.807) is 19.1 Å². The fourth-order valence-electron chi connectivity index (χ4n) is 0.924. The number of carboxylic acid groups (broad SMARTS) is 1. The summed E-state index contributed by atoms with van der Waals surface area (Å²) in [7, 11) is 3.53. The summed E-state index contributed by atoms with van der Waals surface area (Å²) < 4.78 is 0. The molecule has 0 aliphatic carbocycles. The maximum atomic E-state index is 10.1. The Morgan fingerprint density at radius 2 is 1.81 bits per heavy atom. The standard InChI is InChI=1S/C6H13NO2.C4H10N2O/c1-4(2)3-5(7)6(8)9;1-4(7)5-6(2)3/h4-5H,3,7H2,1-2H3,(H,8,9);1-3H3,(H,5,7)/t5-;/m0./s1. The number of hydrogen-bond acceptors (Lipinski definition) is 4. The molecule has 0 rings (SSSR count). The Morgan fingerprint density at radius 1 is 1.38 bits per heavy atom. The molecule has 0 aromatic carbocycles. The monoisotopic (exact) mass is 233 g/mol. The first-order chi connectivity index (χ1) is 7.16. The van der Waals surface area contributed by atoms with E-state index < -0.39 is 12.0 Å². The van der Waals surface area contributed by atoms with Crippen LogP contribution in [-0.4, -0.2) is 42.1 Å². The number of aliphatic carboxylic acids is 1. The third-order valence-electron chi connectivity index (χ3n) is 1.42. The van der Waals surface area contributed by atoms with E-state index in [0.29, 0.717) is 12.3 Å². The maximum absolute atomic E-state index is 10.1. The Kier molecular flexibility index (Phi) is 9.83. The molecule has 0 bridgehead atoms. The molecule has 0 saturated heterocycles. The van der Waals surface area contributed by atoms with Gasteiger partial charge in [-0.3, -0.25) is 15.0 Å². The molecule has 0 aliphatic heterocycles. The van der Waals surface area contributed by atoms with Gasteiger partial charge >= 0.3 is 5.97 Å². The van der Waals surface area contributed by atoms with Crippen LogP contribution in [0.5, 0.6) is 0 Å². The van der Waals surface area contributed by atoms with E-state index in [-0.39, 0.29) is 5.91 Å². The predicted octanol–water partition coefficient (Wildman–Crippen LogP) is 0.0435. The molecule has 0 unspecified atom stereocenters. The number of carboxylic acids is 1. The molecule has 0 radical (unpaired) electrons. The van der Waals surface area contributed by atoms with Gasteiger partial charge in [0.15, 0.2) is 0 Å². The van der Waals surface area contributed by atoms with Gasteiger partial charge in [0, 0.05) is 21.0 Å². The second-order valence-corrected chi connectivity index (χ2v) is 4.14. The van der Waals surface area contributed by atoms with E-state index in [2.05, 4.69) is 5.43 Å². The lowest BCUT2D eigenvalue weighted by Gasteiger charge is -2.07.